The standard InChI is InChI=1S/C27H30F2N2O3/c1-17(27(32)33)12-19-14-24(28)26(25(29)15-19)34-16-23-13-18(2)30-31(23)22-10-8-21(9-11-22)20-6-4-3-5-7-20/h8-11,13-15,17,20H,3-7,12,16H2,1-2H3,(H,32,33). The number of halogens is 2. The van der Waals surface area contributed by atoms with Gasteiger partial charge in [-0.2, -0.15) is 5.10 Å². The Bertz CT molecular complexity index is 1130. The van der Waals surface area contributed by atoms with Gasteiger partial charge in [0.1, 0.15) is 6.61 Å². The zero-order valence-electron chi connectivity index (χ0n) is 19.6. The first-order valence-electron chi connectivity index (χ1n) is 11.8. The van der Waals surface area contributed by atoms with Crippen molar-refractivity contribution in [1.29, 1.82) is 0 Å². The van der Waals surface area contributed by atoms with Crippen molar-refractivity contribution in [1.82, 2.24) is 9.78 Å². The molecule has 0 radical (unpaired) electrons. The molecule has 1 fully saturated rings. The number of aryl methyl sites for hydroxylation is 1. The van der Waals surface area contributed by atoms with Crippen LogP contribution in [0.25, 0.3) is 5.69 Å². The minimum absolute atomic E-state index is 0.0340. The van der Waals surface area contributed by atoms with Crippen molar-refractivity contribution < 1.29 is 23.4 Å². The lowest BCUT2D eigenvalue weighted by Gasteiger charge is -2.22. The van der Waals surface area contributed by atoms with Crippen LogP contribution in [0.15, 0.2) is 42.5 Å². The minimum Gasteiger partial charge on any atom is -0.481 e. The zero-order valence-corrected chi connectivity index (χ0v) is 19.6. The average molecular weight is 469 g/mol. The topological polar surface area (TPSA) is 64.3 Å². The number of carboxylic acids is 1. The van der Waals surface area contributed by atoms with Crippen molar-refractivity contribution in [3.8, 4) is 11.4 Å². The minimum atomic E-state index is -1.02. The zero-order chi connectivity index (χ0) is 24.2. The van der Waals surface area contributed by atoms with Crippen molar-refractivity contribution in [2.24, 2.45) is 5.92 Å². The molecule has 34 heavy (non-hydrogen) atoms. The number of aromatic nitrogens is 2. The van der Waals surface area contributed by atoms with Gasteiger partial charge < -0.3 is 9.84 Å². The van der Waals surface area contributed by atoms with Crippen molar-refractivity contribution in [2.45, 2.75) is 64.9 Å². The second kappa shape index (κ2) is 10.4. The maximum atomic E-state index is 14.6. The number of rotatable bonds is 8. The Labute approximate surface area is 198 Å². The Morgan fingerprint density at radius 1 is 1.12 bits per heavy atom. The first-order valence-corrected chi connectivity index (χ1v) is 11.8. The third-order valence-corrected chi connectivity index (χ3v) is 6.51. The molecule has 0 spiro atoms. The van der Waals surface area contributed by atoms with E-state index in [1.807, 2.05) is 25.1 Å². The number of hydrogen-bond acceptors (Lipinski definition) is 3. The van der Waals surface area contributed by atoms with E-state index in [1.165, 1.54) is 44.6 Å². The Balaban J connectivity index is 1.49. The first kappa shape index (κ1) is 23.9. The van der Waals surface area contributed by atoms with E-state index in [1.54, 1.807) is 4.68 Å². The fourth-order valence-electron chi connectivity index (χ4n) is 4.66. The van der Waals surface area contributed by atoms with Crippen LogP contribution in [0.4, 0.5) is 8.78 Å². The van der Waals surface area contributed by atoms with Gasteiger partial charge in [-0.3, -0.25) is 4.79 Å². The van der Waals surface area contributed by atoms with E-state index >= 15 is 0 Å². The van der Waals surface area contributed by atoms with E-state index in [-0.39, 0.29) is 18.6 Å². The van der Waals surface area contributed by atoms with Gasteiger partial charge in [0.15, 0.2) is 17.4 Å². The van der Waals surface area contributed by atoms with Crippen molar-refractivity contribution >= 4 is 5.97 Å². The van der Waals surface area contributed by atoms with Crippen molar-refractivity contribution in [3.63, 3.8) is 0 Å². The van der Waals surface area contributed by atoms with Gasteiger partial charge in [0, 0.05) is 0 Å². The molecule has 1 unspecified atom stereocenters. The van der Waals surface area contributed by atoms with E-state index in [0.717, 1.165) is 23.5 Å². The second-order valence-corrected chi connectivity index (χ2v) is 9.24. The Hall–Kier alpha value is -3.22. The van der Waals surface area contributed by atoms with Crippen LogP contribution in [0.3, 0.4) is 0 Å². The smallest absolute Gasteiger partial charge is 0.306 e. The number of ether oxygens (including phenoxy) is 1. The summed E-state index contributed by atoms with van der Waals surface area (Å²) in [6, 6.07) is 12.4. The molecule has 1 aliphatic rings. The lowest BCUT2D eigenvalue weighted by molar-refractivity contribution is -0.141. The van der Waals surface area contributed by atoms with Crippen LogP contribution in [0, 0.1) is 24.5 Å². The van der Waals surface area contributed by atoms with Gasteiger partial charge in [0.2, 0.25) is 0 Å². The molecule has 180 valence electrons. The number of carbonyl (C=O) groups is 1. The highest BCUT2D eigenvalue weighted by Crippen LogP contribution is 2.33. The summed E-state index contributed by atoms with van der Waals surface area (Å²) in [5.41, 5.74) is 3.92. The Morgan fingerprint density at radius 2 is 1.76 bits per heavy atom. The number of benzene rings is 2. The normalized spacial score (nSPS) is 15.3. The summed E-state index contributed by atoms with van der Waals surface area (Å²) >= 11 is 0. The third-order valence-electron chi connectivity index (χ3n) is 6.51. The van der Waals surface area contributed by atoms with Gasteiger partial charge in [-0.15, -0.1) is 0 Å². The van der Waals surface area contributed by atoms with Gasteiger partial charge in [-0.25, -0.2) is 13.5 Å². The maximum Gasteiger partial charge on any atom is 0.306 e. The van der Waals surface area contributed by atoms with E-state index in [2.05, 4.69) is 17.2 Å². The monoisotopic (exact) mass is 468 g/mol. The molecule has 0 saturated heterocycles. The highest BCUT2D eigenvalue weighted by atomic mass is 19.1. The van der Waals surface area contributed by atoms with Gasteiger partial charge >= 0.3 is 5.97 Å². The van der Waals surface area contributed by atoms with Crippen LogP contribution in [-0.4, -0.2) is 20.9 Å². The van der Waals surface area contributed by atoms with Gasteiger partial charge in [-0.05, 0) is 73.6 Å². The summed E-state index contributed by atoms with van der Waals surface area (Å²) < 4.78 is 36.4. The summed E-state index contributed by atoms with van der Waals surface area (Å²) in [5, 5.41) is 13.6. The summed E-state index contributed by atoms with van der Waals surface area (Å²) in [5.74, 6) is -3.34. The fourth-order valence-corrected chi connectivity index (χ4v) is 4.66. The van der Waals surface area contributed by atoms with E-state index < -0.39 is 29.3 Å². The van der Waals surface area contributed by atoms with Crippen LogP contribution < -0.4 is 4.74 Å². The second-order valence-electron chi connectivity index (χ2n) is 9.24. The lowest BCUT2D eigenvalue weighted by atomic mass is 9.84. The number of carboxylic acid groups (broad SMARTS) is 1. The molecule has 1 heterocycles. The molecule has 1 aromatic heterocycles. The summed E-state index contributed by atoms with van der Waals surface area (Å²) in [4.78, 5) is 11.0. The molecule has 0 aliphatic heterocycles. The van der Waals surface area contributed by atoms with E-state index in [9.17, 15) is 13.6 Å². The van der Waals surface area contributed by atoms with Crippen LogP contribution >= 0.6 is 0 Å². The fraction of sp³-hybridized carbons (Fsp3) is 0.407. The molecule has 2 aromatic carbocycles. The van der Waals surface area contributed by atoms with Gasteiger partial charge in [0.05, 0.1) is 23.0 Å². The molecule has 1 aliphatic carbocycles. The van der Waals surface area contributed by atoms with Crippen molar-refractivity contribution in [3.05, 3.63) is 76.6 Å². The molecule has 7 heteroatoms. The van der Waals surface area contributed by atoms with E-state index in [0.29, 0.717) is 11.6 Å². The average Bonchev–Trinajstić information content (AvgIpc) is 3.19. The molecule has 1 N–H and O–H groups in total. The third kappa shape index (κ3) is 5.46. The predicted octanol–water partition coefficient (Wildman–Crippen LogP) is 6.35. The highest BCUT2D eigenvalue weighted by Gasteiger charge is 2.19. The molecule has 1 saturated carbocycles. The molecule has 3 aromatic rings. The molecule has 0 bridgehead atoms. The number of aliphatic carboxylic acids is 1. The van der Waals surface area contributed by atoms with Crippen LogP contribution in [-0.2, 0) is 17.8 Å². The summed E-state index contributed by atoms with van der Waals surface area (Å²) in [6.07, 6.45) is 6.36. The summed E-state index contributed by atoms with van der Waals surface area (Å²) in [7, 11) is 0. The van der Waals surface area contributed by atoms with Crippen LogP contribution in [0.1, 0.15) is 67.5 Å². The molecule has 1 atom stereocenters. The quantitative estimate of drug-likeness (QED) is 0.418. The summed E-state index contributed by atoms with van der Waals surface area (Å²) in [6.45, 7) is 3.29. The molecular weight excluding hydrogens is 438 g/mol. The number of hydrogen-bond donors (Lipinski definition) is 1. The van der Waals surface area contributed by atoms with Crippen LogP contribution in [0.5, 0.6) is 5.75 Å². The SMILES string of the molecule is Cc1cc(COc2c(F)cc(CC(C)C(=O)O)cc2F)n(-c2ccc(C3CCCCC3)cc2)n1. The lowest BCUT2D eigenvalue weighted by Crippen LogP contribution is -2.13. The predicted molar refractivity (Wildman–Crippen MR) is 125 cm³/mol. The van der Waals surface area contributed by atoms with Gasteiger partial charge in [-0.1, -0.05) is 38.3 Å². The van der Waals surface area contributed by atoms with E-state index in [4.69, 9.17) is 9.84 Å². The molecule has 5 nitrogen and oxygen atoms in total. The highest BCUT2D eigenvalue weighted by molar-refractivity contribution is 5.69. The Kier molecular flexibility index (Phi) is 7.29. The molecule has 4 rings (SSSR count). The first-order chi connectivity index (χ1) is 16.3. The molecule has 0 amide bonds. The number of nitrogens with zero attached hydrogens (tertiary/aromatic N) is 2. The van der Waals surface area contributed by atoms with Crippen LogP contribution in [0.2, 0.25) is 0 Å². The maximum absolute atomic E-state index is 14.6. The van der Waals surface area contributed by atoms with Crippen molar-refractivity contribution in [2.75, 3.05) is 0 Å². The Morgan fingerprint density at radius 3 is 2.38 bits per heavy atom. The molecular formula is C27H30F2N2O3. The largest absolute Gasteiger partial charge is 0.481 e. The van der Waals surface area contributed by atoms with Gasteiger partial charge in [0.25, 0.3) is 0 Å².